The molecular weight excluding hydrogens is 456 g/mol. The number of rotatable bonds is 5. The molecule has 1 unspecified atom stereocenters. The second-order valence-electron chi connectivity index (χ2n) is 11.3. The van der Waals surface area contributed by atoms with Crippen LogP contribution in [-0.2, 0) is 10.2 Å². The molecule has 0 aliphatic carbocycles. The molecule has 1 heterocycles. The third-order valence-electron chi connectivity index (χ3n) is 5.99. The van der Waals surface area contributed by atoms with E-state index in [0.717, 1.165) is 18.4 Å². The van der Waals surface area contributed by atoms with Gasteiger partial charge in [-0.05, 0) is 74.9 Å². The van der Waals surface area contributed by atoms with Crippen LogP contribution in [0.1, 0.15) is 80.7 Å². The van der Waals surface area contributed by atoms with E-state index in [0.29, 0.717) is 35.6 Å². The van der Waals surface area contributed by atoms with Gasteiger partial charge in [0.2, 0.25) is 0 Å². The number of nitrogens with one attached hydrogen (secondary N) is 2. The van der Waals surface area contributed by atoms with Crippen LogP contribution >= 0.6 is 0 Å². The molecule has 1 aliphatic rings. The number of primary amides is 1. The number of ether oxygens (including phenoxy) is 1. The van der Waals surface area contributed by atoms with Crippen LogP contribution in [-0.4, -0.2) is 47.5 Å². The Morgan fingerprint density at radius 2 is 1.67 bits per heavy atom. The maximum Gasteiger partial charge on any atom is 0.410 e. The lowest BCUT2D eigenvalue weighted by Gasteiger charge is -2.35. The molecule has 0 radical (unpaired) electrons. The Kier molecular flexibility index (Phi) is 7.96. The van der Waals surface area contributed by atoms with Crippen LogP contribution in [0.15, 0.2) is 42.5 Å². The zero-order valence-electron chi connectivity index (χ0n) is 22.1. The molecule has 0 bridgehead atoms. The van der Waals surface area contributed by atoms with Gasteiger partial charge in [-0.3, -0.25) is 9.59 Å². The summed E-state index contributed by atoms with van der Waals surface area (Å²) in [5, 5.41) is 6.25. The summed E-state index contributed by atoms with van der Waals surface area (Å²) in [6, 6.07) is 12.4. The van der Waals surface area contributed by atoms with E-state index in [1.165, 1.54) is 0 Å². The molecule has 2 aromatic rings. The number of likely N-dealkylation sites (tertiary alicyclic amines) is 1. The molecule has 2 aromatic carbocycles. The van der Waals surface area contributed by atoms with Crippen molar-refractivity contribution in [2.24, 2.45) is 5.73 Å². The minimum absolute atomic E-state index is 0.00164. The van der Waals surface area contributed by atoms with E-state index in [2.05, 4.69) is 31.4 Å². The first-order valence-corrected chi connectivity index (χ1v) is 12.3. The third kappa shape index (κ3) is 7.23. The van der Waals surface area contributed by atoms with Gasteiger partial charge in [-0.1, -0.05) is 32.9 Å². The highest BCUT2D eigenvalue weighted by molar-refractivity contribution is 6.05. The molecule has 0 aromatic heterocycles. The fraction of sp³-hybridized carbons (Fsp3) is 0.464. The van der Waals surface area contributed by atoms with Crippen LogP contribution in [0.25, 0.3) is 0 Å². The molecule has 0 spiro atoms. The molecule has 3 amide bonds. The highest BCUT2D eigenvalue weighted by atomic mass is 16.6. The Hall–Kier alpha value is -3.55. The fourth-order valence-corrected chi connectivity index (χ4v) is 4.09. The lowest BCUT2D eigenvalue weighted by molar-refractivity contribution is 0.0206. The summed E-state index contributed by atoms with van der Waals surface area (Å²) >= 11 is 0. The summed E-state index contributed by atoms with van der Waals surface area (Å²) in [7, 11) is 0. The quantitative estimate of drug-likeness (QED) is 0.532. The first-order valence-electron chi connectivity index (χ1n) is 12.3. The van der Waals surface area contributed by atoms with E-state index in [1.807, 2.05) is 32.9 Å². The van der Waals surface area contributed by atoms with Crippen molar-refractivity contribution >= 4 is 29.3 Å². The van der Waals surface area contributed by atoms with Gasteiger partial charge in [0, 0.05) is 36.1 Å². The number of carbonyl (C=O) groups excluding carboxylic acids is 3. The SMILES string of the molecule is CC(C)(C)OC(=O)N1CCCC(Nc2cc(NC(=O)c3ccc(C(C)(C)C)cc3)ccc2C(N)=O)C1. The number of nitrogens with zero attached hydrogens (tertiary/aromatic N) is 1. The summed E-state index contributed by atoms with van der Waals surface area (Å²) in [5.74, 6) is -0.824. The molecule has 1 atom stereocenters. The molecular formula is C28H38N4O4. The number of amides is 3. The van der Waals surface area contributed by atoms with E-state index >= 15 is 0 Å². The van der Waals surface area contributed by atoms with E-state index in [4.69, 9.17) is 10.5 Å². The average molecular weight is 495 g/mol. The number of hydrogen-bond acceptors (Lipinski definition) is 5. The first-order chi connectivity index (χ1) is 16.7. The van der Waals surface area contributed by atoms with E-state index in [1.54, 1.807) is 35.2 Å². The molecule has 0 saturated carbocycles. The van der Waals surface area contributed by atoms with Crippen LogP contribution in [0.2, 0.25) is 0 Å². The Bertz CT molecular complexity index is 1110. The monoisotopic (exact) mass is 494 g/mol. The van der Waals surface area contributed by atoms with Crippen molar-refractivity contribution in [1.82, 2.24) is 4.90 Å². The number of benzene rings is 2. The predicted octanol–water partition coefficient (Wildman–Crippen LogP) is 5.15. The van der Waals surface area contributed by atoms with Crippen LogP contribution in [0.5, 0.6) is 0 Å². The first kappa shape index (κ1) is 27.0. The molecule has 3 rings (SSSR count). The number of hydrogen-bond donors (Lipinski definition) is 3. The largest absolute Gasteiger partial charge is 0.444 e. The Balaban J connectivity index is 1.74. The van der Waals surface area contributed by atoms with Gasteiger partial charge >= 0.3 is 6.09 Å². The average Bonchev–Trinajstić information content (AvgIpc) is 2.77. The smallest absolute Gasteiger partial charge is 0.410 e. The van der Waals surface area contributed by atoms with Crippen molar-refractivity contribution in [3.8, 4) is 0 Å². The van der Waals surface area contributed by atoms with Crippen molar-refractivity contribution in [1.29, 1.82) is 0 Å². The molecule has 194 valence electrons. The van der Waals surface area contributed by atoms with Gasteiger partial charge in [0.1, 0.15) is 5.60 Å². The van der Waals surface area contributed by atoms with Crippen LogP contribution in [0.3, 0.4) is 0 Å². The summed E-state index contributed by atoms with van der Waals surface area (Å²) in [4.78, 5) is 39.1. The maximum atomic E-state index is 12.8. The van der Waals surface area contributed by atoms with E-state index in [9.17, 15) is 14.4 Å². The molecule has 1 fully saturated rings. The van der Waals surface area contributed by atoms with Crippen molar-refractivity contribution in [2.75, 3.05) is 23.7 Å². The van der Waals surface area contributed by atoms with E-state index < -0.39 is 11.5 Å². The zero-order chi connectivity index (χ0) is 26.7. The summed E-state index contributed by atoms with van der Waals surface area (Å²) in [6.45, 7) is 12.9. The van der Waals surface area contributed by atoms with Crippen molar-refractivity contribution in [3.05, 3.63) is 59.2 Å². The predicted molar refractivity (Wildman–Crippen MR) is 143 cm³/mol. The molecule has 1 aliphatic heterocycles. The van der Waals surface area contributed by atoms with Crippen molar-refractivity contribution in [2.45, 2.75) is 71.4 Å². The number of anilines is 2. The normalized spacial score (nSPS) is 16.3. The van der Waals surface area contributed by atoms with Crippen molar-refractivity contribution < 1.29 is 19.1 Å². The van der Waals surface area contributed by atoms with Crippen molar-refractivity contribution in [3.63, 3.8) is 0 Å². The van der Waals surface area contributed by atoms with Gasteiger partial charge in [0.05, 0.1) is 5.56 Å². The molecule has 4 N–H and O–H groups in total. The van der Waals surface area contributed by atoms with Gasteiger partial charge in [0.25, 0.3) is 11.8 Å². The van der Waals surface area contributed by atoms with Gasteiger partial charge < -0.3 is 26.0 Å². The fourth-order valence-electron chi connectivity index (χ4n) is 4.09. The molecule has 1 saturated heterocycles. The Morgan fingerprint density at radius 3 is 2.25 bits per heavy atom. The second kappa shape index (κ2) is 10.6. The molecule has 8 heteroatoms. The van der Waals surface area contributed by atoms with Gasteiger partial charge in [-0.25, -0.2) is 4.79 Å². The van der Waals surface area contributed by atoms with E-state index in [-0.39, 0.29) is 23.5 Å². The lowest BCUT2D eigenvalue weighted by Crippen LogP contribution is -2.47. The minimum Gasteiger partial charge on any atom is -0.444 e. The van der Waals surface area contributed by atoms with Gasteiger partial charge in [-0.2, -0.15) is 0 Å². The summed E-state index contributed by atoms with van der Waals surface area (Å²) < 4.78 is 5.51. The Morgan fingerprint density at radius 1 is 1.00 bits per heavy atom. The Labute approximate surface area is 213 Å². The second-order valence-corrected chi connectivity index (χ2v) is 11.3. The maximum absolute atomic E-state index is 12.8. The summed E-state index contributed by atoms with van der Waals surface area (Å²) in [5.41, 5.74) is 8.08. The summed E-state index contributed by atoms with van der Waals surface area (Å²) in [6.07, 6.45) is 1.25. The number of nitrogens with two attached hydrogens (primary N) is 1. The van der Waals surface area contributed by atoms with Gasteiger partial charge in [-0.15, -0.1) is 0 Å². The molecule has 36 heavy (non-hydrogen) atoms. The zero-order valence-corrected chi connectivity index (χ0v) is 22.1. The highest BCUT2D eigenvalue weighted by Crippen LogP contribution is 2.26. The van der Waals surface area contributed by atoms with Gasteiger partial charge in [0.15, 0.2) is 0 Å². The highest BCUT2D eigenvalue weighted by Gasteiger charge is 2.28. The topological polar surface area (TPSA) is 114 Å². The lowest BCUT2D eigenvalue weighted by atomic mass is 9.87. The minimum atomic E-state index is -0.576. The van der Waals surface area contributed by atoms with Crippen LogP contribution in [0, 0.1) is 0 Å². The van der Waals surface area contributed by atoms with Crippen LogP contribution < -0.4 is 16.4 Å². The number of piperidine rings is 1. The third-order valence-corrected chi connectivity index (χ3v) is 5.99. The van der Waals surface area contributed by atoms with Crippen LogP contribution in [0.4, 0.5) is 16.2 Å². The molecule has 8 nitrogen and oxygen atoms in total. The standard InChI is InChI=1S/C28H38N4O4/c1-27(2,3)19-11-9-18(10-12-19)25(34)31-20-13-14-22(24(29)33)23(16-20)30-21-8-7-15-32(17-21)26(35)36-28(4,5)6/h9-14,16,21,30H,7-8,15,17H2,1-6H3,(H2,29,33)(H,31,34). The number of carbonyl (C=O) groups is 3.